The Morgan fingerprint density at radius 3 is 2.74 bits per heavy atom. The van der Waals surface area contributed by atoms with Gasteiger partial charge >= 0.3 is 0 Å². The maximum absolute atomic E-state index is 13.4. The number of pyridine rings is 2. The first-order valence-electron chi connectivity index (χ1n) is 9.75. The molecule has 0 aliphatic heterocycles. The lowest BCUT2D eigenvalue weighted by Gasteiger charge is -2.13. The smallest absolute Gasteiger partial charge is 0.255 e. The van der Waals surface area contributed by atoms with Crippen molar-refractivity contribution in [2.75, 3.05) is 11.9 Å². The van der Waals surface area contributed by atoms with Crippen LogP contribution in [-0.2, 0) is 13.0 Å². The van der Waals surface area contributed by atoms with E-state index in [0.29, 0.717) is 42.1 Å². The van der Waals surface area contributed by atoms with Crippen molar-refractivity contribution in [3.05, 3.63) is 95.9 Å². The summed E-state index contributed by atoms with van der Waals surface area (Å²) in [6.45, 7) is 0.829. The predicted molar refractivity (Wildman–Crippen MR) is 114 cm³/mol. The van der Waals surface area contributed by atoms with Crippen LogP contribution in [0.4, 0.5) is 10.2 Å². The fourth-order valence-corrected chi connectivity index (χ4v) is 3.07. The molecule has 0 radical (unpaired) electrons. The number of carbonyl (C=O) groups is 1. The summed E-state index contributed by atoms with van der Waals surface area (Å²) in [4.78, 5) is 21.5. The fourth-order valence-electron chi connectivity index (χ4n) is 3.07. The van der Waals surface area contributed by atoms with E-state index < -0.39 is 0 Å². The van der Waals surface area contributed by atoms with Gasteiger partial charge < -0.3 is 15.2 Å². The minimum absolute atomic E-state index is 0.263. The Bertz CT molecular complexity index is 1150. The van der Waals surface area contributed by atoms with E-state index in [1.807, 2.05) is 18.2 Å². The number of benzene rings is 1. The highest BCUT2D eigenvalue weighted by Crippen LogP contribution is 2.22. The molecular formula is C23H20FN5O2. The topological polar surface area (TPSA) is 92.9 Å². The third kappa shape index (κ3) is 5.30. The number of nitrogens with zero attached hydrogens (tertiary/aromatic N) is 3. The van der Waals surface area contributed by atoms with Gasteiger partial charge in [0.15, 0.2) is 0 Å². The summed E-state index contributed by atoms with van der Waals surface area (Å²) in [6.07, 6.45) is 7.00. The van der Waals surface area contributed by atoms with Crippen LogP contribution in [-0.4, -0.2) is 27.6 Å². The first-order chi connectivity index (χ1) is 15.2. The van der Waals surface area contributed by atoms with E-state index in [9.17, 15) is 9.18 Å². The molecular weight excluding hydrogens is 397 g/mol. The van der Waals surface area contributed by atoms with Crippen molar-refractivity contribution >= 4 is 11.7 Å². The van der Waals surface area contributed by atoms with E-state index in [1.54, 1.807) is 36.8 Å². The molecule has 156 valence electrons. The Hall–Kier alpha value is -4.07. The number of carbonyl (C=O) groups excluding carboxylic acids is 1. The van der Waals surface area contributed by atoms with Crippen LogP contribution in [0.5, 0.6) is 0 Å². The SMILES string of the molecule is O=C(NCc1cccnc1)c1ccc(-c2cnoc2)nc1NCCc1cccc(F)c1. The minimum atomic E-state index is -0.277. The Balaban J connectivity index is 1.51. The van der Waals surface area contributed by atoms with Gasteiger partial charge in [-0.05, 0) is 47.9 Å². The molecule has 1 amide bonds. The van der Waals surface area contributed by atoms with Crippen molar-refractivity contribution in [2.45, 2.75) is 13.0 Å². The van der Waals surface area contributed by atoms with Crippen LogP contribution >= 0.6 is 0 Å². The van der Waals surface area contributed by atoms with E-state index in [4.69, 9.17) is 4.52 Å². The molecule has 0 aliphatic rings. The standard InChI is InChI=1S/C23H20FN5O2/c24-19-5-1-3-16(11-19)8-10-26-22-20(6-7-21(29-22)18-14-28-31-15-18)23(30)27-13-17-4-2-9-25-12-17/h1-7,9,11-12,14-15H,8,10,13H2,(H,26,29)(H,27,30). The molecule has 4 aromatic rings. The fraction of sp³-hybridized carbons (Fsp3) is 0.130. The maximum atomic E-state index is 13.4. The van der Waals surface area contributed by atoms with Gasteiger partial charge in [0.25, 0.3) is 5.91 Å². The van der Waals surface area contributed by atoms with Crippen LogP contribution in [0.2, 0.25) is 0 Å². The van der Waals surface area contributed by atoms with Gasteiger partial charge in [0.05, 0.1) is 23.0 Å². The number of amides is 1. The molecule has 0 saturated heterocycles. The van der Waals surface area contributed by atoms with E-state index >= 15 is 0 Å². The third-order valence-electron chi connectivity index (χ3n) is 4.64. The highest BCUT2D eigenvalue weighted by Gasteiger charge is 2.15. The summed E-state index contributed by atoms with van der Waals surface area (Å²) in [5, 5.41) is 9.79. The summed E-state index contributed by atoms with van der Waals surface area (Å²) in [5.74, 6) is -0.110. The number of hydrogen-bond acceptors (Lipinski definition) is 6. The Morgan fingerprint density at radius 1 is 1.06 bits per heavy atom. The van der Waals surface area contributed by atoms with Crippen molar-refractivity contribution in [3.8, 4) is 11.3 Å². The van der Waals surface area contributed by atoms with E-state index in [1.165, 1.54) is 18.4 Å². The van der Waals surface area contributed by atoms with E-state index in [0.717, 1.165) is 11.1 Å². The third-order valence-corrected chi connectivity index (χ3v) is 4.64. The molecule has 0 aliphatic carbocycles. The zero-order valence-corrected chi connectivity index (χ0v) is 16.6. The summed E-state index contributed by atoms with van der Waals surface area (Å²) in [7, 11) is 0. The van der Waals surface area contributed by atoms with Gasteiger partial charge in [0.2, 0.25) is 0 Å². The van der Waals surface area contributed by atoms with Gasteiger partial charge in [-0.2, -0.15) is 0 Å². The van der Waals surface area contributed by atoms with E-state index in [-0.39, 0.29) is 11.7 Å². The number of rotatable bonds is 8. The minimum Gasteiger partial charge on any atom is -0.369 e. The van der Waals surface area contributed by atoms with E-state index in [2.05, 4.69) is 25.8 Å². The molecule has 0 saturated carbocycles. The maximum Gasteiger partial charge on any atom is 0.255 e. The van der Waals surface area contributed by atoms with Crippen molar-refractivity contribution in [1.82, 2.24) is 20.4 Å². The molecule has 0 spiro atoms. The second kappa shape index (κ2) is 9.62. The lowest BCUT2D eigenvalue weighted by molar-refractivity contribution is 0.0951. The lowest BCUT2D eigenvalue weighted by atomic mass is 10.1. The molecule has 0 atom stereocenters. The first-order valence-corrected chi connectivity index (χ1v) is 9.75. The van der Waals surface area contributed by atoms with Crippen LogP contribution < -0.4 is 10.6 Å². The summed E-state index contributed by atoms with van der Waals surface area (Å²) in [6, 6.07) is 13.6. The highest BCUT2D eigenvalue weighted by molar-refractivity contribution is 5.99. The van der Waals surface area contributed by atoms with Crippen LogP contribution in [0.3, 0.4) is 0 Å². The molecule has 0 bridgehead atoms. The van der Waals surface area contributed by atoms with Gasteiger partial charge in [-0.1, -0.05) is 23.4 Å². The van der Waals surface area contributed by atoms with Crippen LogP contribution in [0.25, 0.3) is 11.3 Å². The number of halogens is 1. The molecule has 8 heteroatoms. The summed E-state index contributed by atoms with van der Waals surface area (Å²) in [5.41, 5.74) is 3.48. The zero-order valence-electron chi connectivity index (χ0n) is 16.6. The van der Waals surface area contributed by atoms with Crippen LogP contribution in [0, 0.1) is 5.82 Å². The highest BCUT2D eigenvalue weighted by atomic mass is 19.1. The quantitative estimate of drug-likeness (QED) is 0.452. The predicted octanol–water partition coefficient (Wildman–Crippen LogP) is 3.86. The zero-order chi connectivity index (χ0) is 21.5. The lowest BCUT2D eigenvalue weighted by Crippen LogP contribution is -2.24. The van der Waals surface area contributed by atoms with Crippen molar-refractivity contribution in [2.24, 2.45) is 0 Å². The van der Waals surface area contributed by atoms with Crippen molar-refractivity contribution in [1.29, 1.82) is 0 Å². The Kier molecular flexibility index (Phi) is 6.27. The van der Waals surface area contributed by atoms with Gasteiger partial charge in [0.1, 0.15) is 17.9 Å². The van der Waals surface area contributed by atoms with Crippen LogP contribution in [0.15, 0.2) is 77.9 Å². The average Bonchev–Trinajstić information content (AvgIpc) is 3.33. The molecule has 7 nitrogen and oxygen atoms in total. The Morgan fingerprint density at radius 2 is 1.97 bits per heavy atom. The average molecular weight is 417 g/mol. The Labute approximate surface area is 178 Å². The molecule has 3 aromatic heterocycles. The van der Waals surface area contributed by atoms with Crippen molar-refractivity contribution < 1.29 is 13.7 Å². The molecule has 4 rings (SSSR count). The molecule has 31 heavy (non-hydrogen) atoms. The normalized spacial score (nSPS) is 10.6. The first kappa shape index (κ1) is 20.2. The van der Waals surface area contributed by atoms with Gasteiger partial charge in [0, 0.05) is 25.5 Å². The number of anilines is 1. The number of aromatic nitrogens is 3. The number of hydrogen-bond donors (Lipinski definition) is 2. The monoisotopic (exact) mass is 417 g/mol. The molecule has 3 heterocycles. The largest absolute Gasteiger partial charge is 0.369 e. The van der Waals surface area contributed by atoms with Gasteiger partial charge in [-0.25, -0.2) is 9.37 Å². The van der Waals surface area contributed by atoms with Crippen LogP contribution in [0.1, 0.15) is 21.5 Å². The van der Waals surface area contributed by atoms with Gasteiger partial charge in [-0.3, -0.25) is 9.78 Å². The number of nitrogens with one attached hydrogen (secondary N) is 2. The van der Waals surface area contributed by atoms with Crippen molar-refractivity contribution in [3.63, 3.8) is 0 Å². The second-order valence-corrected chi connectivity index (χ2v) is 6.86. The molecule has 1 aromatic carbocycles. The molecule has 0 fully saturated rings. The molecule has 2 N–H and O–H groups in total. The second-order valence-electron chi connectivity index (χ2n) is 6.86. The summed E-state index contributed by atoms with van der Waals surface area (Å²) >= 11 is 0. The van der Waals surface area contributed by atoms with Gasteiger partial charge in [-0.15, -0.1) is 0 Å². The molecule has 0 unspecified atom stereocenters. The summed E-state index contributed by atoms with van der Waals surface area (Å²) < 4.78 is 18.3.